The average Bonchev–Trinajstić information content (AvgIpc) is 3.15. The van der Waals surface area contributed by atoms with Crippen molar-refractivity contribution in [3.63, 3.8) is 0 Å². The zero-order valence-electron chi connectivity index (χ0n) is 13.0. The molecule has 122 valence electrons. The van der Waals surface area contributed by atoms with Crippen molar-refractivity contribution < 1.29 is 14.3 Å². The molecule has 7 nitrogen and oxygen atoms in total. The molecule has 1 fully saturated rings. The Kier molecular flexibility index (Phi) is 4.68. The first-order valence-corrected chi connectivity index (χ1v) is 7.62. The van der Waals surface area contributed by atoms with Crippen LogP contribution >= 0.6 is 0 Å². The molecule has 0 unspecified atom stereocenters. The Morgan fingerprint density at radius 1 is 1.43 bits per heavy atom. The summed E-state index contributed by atoms with van der Waals surface area (Å²) in [6, 6.07) is 3.46. The van der Waals surface area contributed by atoms with E-state index in [0.717, 1.165) is 18.0 Å². The molecule has 0 aliphatic carbocycles. The van der Waals surface area contributed by atoms with Crippen LogP contribution in [0.15, 0.2) is 35.1 Å². The predicted octanol–water partition coefficient (Wildman–Crippen LogP) is 0.465. The van der Waals surface area contributed by atoms with Crippen molar-refractivity contribution >= 4 is 5.91 Å². The number of rotatable bonds is 5. The third-order valence-electron chi connectivity index (χ3n) is 4.06. The SMILES string of the molecule is CNC(=O)c1ccc(CN2C[C@@H](Cc3cnccn3)[C@H](O)C2)o1. The smallest absolute Gasteiger partial charge is 0.286 e. The molecule has 1 amide bonds. The maximum atomic E-state index is 11.5. The summed E-state index contributed by atoms with van der Waals surface area (Å²) in [4.78, 5) is 21.9. The van der Waals surface area contributed by atoms with Crippen LogP contribution in [0.3, 0.4) is 0 Å². The average molecular weight is 316 g/mol. The Morgan fingerprint density at radius 3 is 3.04 bits per heavy atom. The lowest BCUT2D eigenvalue weighted by atomic mass is 10.0. The number of β-amino-alcohol motifs (C(OH)–C–C–N with tert-alkyl or cyclic N) is 1. The van der Waals surface area contributed by atoms with Gasteiger partial charge in [0.2, 0.25) is 0 Å². The van der Waals surface area contributed by atoms with Gasteiger partial charge < -0.3 is 14.8 Å². The fraction of sp³-hybridized carbons (Fsp3) is 0.438. The standard InChI is InChI=1S/C16H20N4O3/c1-17-16(22)15-3-2-13(23-15)9-20-8-11(14(21)10-20)6-12-7-18-4-5-19-12/h2-5,7,11,14,21H,6,8-10H2,1H3,(H,17,22)/t11-,14-/m1/s1. The second-order valence-electron chi connectivity index (χ2n) is 5.77. The third kappa shape index (κ3) is 3.75. The largest absolute Gasteiger partial charge is 0.455 e. The summed E-state index contributed by atoms with van der Waals surface area (Å²) in [5.41, 5.74) is 0.887. The molecule has 0 spiro atoms. The molecular weight excluding hydrogens is 296 g/mol. The molecule has 1 saturated heterocycles. The molecule has 0 bridgehead atoms. The van der Waals surface area contributed by atoms with Crippen LogP contribution in [0.5, 0.6) is 0 Å². The van der Waals surface area contributed by atoms with E-state index in [1.165, 1.54) is 0 Å². The number of aliphatic hydroxyl groups is 1. The van der Waals surface area contributed by atoms with Gasteiger partial charge in [-0.2, -0.15) is 0 Å². The summed E-state index contributed by atoms with van der Waals surface area (Å²) < 4.78 is 5.53. The highest BCUT2D eigenvalue weighted by Gasteiger charge is 2.32. The third-order valence-corrected chi connectivity index (χ3v) is 4.06. The first-order valence-electron chi connectivity index (χ1n) is 7.62. The molecule has 2 atom stereocenters. The van der Waals surface area contributed by atoms with E-state index in [1.54, 1.807) is 37.8 Å². The number of hydrogen-bond acceptors (Lipinski definition) is 6. The second kappa shape index (κ2) is 6.89. The molecule has 3 rings (SSSR count). The van der Waals surface area contributed by atoms with Gasteiger partial charge in [0.15, 0.2) is 5.76 Å². The molecule has 7 heteroatoms. The minimum Gasteiger partial charge on any atom is -0.455 e. The number of nitrogens with zero attached hydrogens (tertiary/aromatic N) is 3. The molecule has 2 N–H and O–H groups in total. The maximum Gasteiger partial charge on any atom is 0.286 e. The number of furan rings is 1. The Labute approximate surface area is 134 Å². The van der Waals surface area contributed by atoms with Gasteiger partial charge in [0.25, 0.3) is 5.91 Å². The van der Waals surface area contributed by atoms with E-state index in [1.807, 2.05) is 0 Å². The minimum atomic E-state index is -0.398. The molecule has 1 aliphatic rings. The zero-order valence-corrected chi connectivity index (χ0v) is 13.0. The summed E-state index contributed by atoms with van der Waals surface area (Å²) in [5, 5.41) is 12.8. The Morgan fingerprint density at radius 2 is 2.30 bits per heavy atom. The minimum absolute atomic E-state index is 0.125. The van der Waals surface area contributed by atoms with Crippen molar-refractivity contribution in [1.29, 1.82) is 0 Å². The Hall–Kier alpha value is -2.25. The first-order chi connectivity index (χ1) is 11.2. The van der Waals surface area contributed by atoms with Crippen molar-refractivity contribution in [2.45, 2.75) is 19.1 Å². The topological polar surface area (TPSA) is 91.5 Å². The van der Waals surface area contributed by atoms with E-state index in [0.29, 0.717) is 25.3 Å². The number of hydrogen-bond donors (Lipinski definition) is 2. The number of aliphatic hydroxyl groups excluding tert-OH is 1. The van der Waals surface area contributed by atoms with Crippen LogP contribution in [0.2, 0.25) is 0 Å². The van der Waals surface area contributed by atoms with E-state index < -0.39 is 6.10 Å². The van der Waals surface area contributed by atoms with Crippen LogP contribution in [0.25, 0.3) is 0 Å². The number of carbonyl (C=O) groups is 1. The molecule has 1 aliphatic heterocycles. The van der Waals surface area contributed by atoms with Gasteiger partial charge in [-0.3, -0.25) is 19.7 Å². The lowest BCUT2D eigenvalue weighted by Crippen LogP contribution is -2.21. The van der Waals surface area contributed by atoms with E-state index >= 15 is 0 Å². The monoisotopic (exact) mass is 316 g/mol. The van der Waals surface area contributed by atoms with E-state index in [2.05, 4.69) is 20.2 Å². The fourth-order valence-electron chi connectivity index (χ4n) is 2.90. The van der Waals surface area contributed by atoms with E-state index in [-0.39, 0.29) is 11.8 Å². The number of nitrogens with one attached hydrogen (secondary N) is 1. The van der Waals surface area contributed by atoms with Crippen molar-refractivity contribution in [3.8, 4) is 0 Å². The lowest BCUT2D eigenvalue weighted by molar-refractivity contribution is 0.0931. The number of carbonyl (C=O) groups excluding carboxylic acids is 1. The zero-order chi connectivity index (χ0) is 16.2. The van der Waals surface area contributed by atoms with Crippen molar-refractivity contribution in [2.24, 2.45) is 5.92 Å². The summed E-state index contributed by atoms with van der Waals surface area (Å²) >= 11 is 0. The highest BCUT2D eigenvalue weighted by molar-refractivity contribution is 5.91. The van der Waals surface area contributed by atoms with Gasteiger partial charge in [-0.1, -0.05) is 0 Å². The van der Waals surface area contributed by atoms with Gasteiger partial charge in [0.1, 0.15) is 5.76 Å². The highest BCUT2D eigenvalue weighted by Crippen LogP contribution is 2.23. The quantitative estimate of drug-likeness (QED) is 0.833. The van der Waals surface area contributed by atoms with Crippen molar-refractivity contribution in [3.05, 3.63) is 47.9 Å². The molecule has 0 saturated carbocycles. The molecule has 2 aromatic rings. The van der Waals surface area contributed by atoms with Gasteiger partial charge >= 0.3 is 0 Å². The van der Waals surface area contributed by atoms with Crippen LogP contribution < -0.4 is 5.32 Å². The molecule has 3 heterocycles. The van der Waals surface area contributed by atoms with Gasteiger partial charge in [-0.05, 0) is 18.6 Å². The van der Waals surface area contributed by atoms with Gasteiger partial charge in [0, 0.05) is 44.6 Å². The number of aromatic nitrogens is 2. The Bertz CT molecular complexity index is 658. The van der Waals surface area contributed by atoms with Crippen LogP contribution in [0, 0.1) is 5.92 Å². The Balaban J connectivity index is 1.58. The summed E-state index contributed by atoms with van der Waals surface area (Å²) in [7, 11) is 1.57. The van der Waals surface area contributed by atoms with E-state index in [4.69, 9.17) is 4.42 Å². The second-order valence-corrected chi connectivity index (χ2v) is 5.77. The predicted molar refractivity (Wildman–Crippen MR) is 82.6 cm³/mol. The van der Waals surface area contributed by atoms with Crippen LogP contribution in [0.1, 0.15) is 22.0 Å². The number of amides is 1. The summed E-state index contributed by atoms with van der Waals surface area (Å²) in [5.74, 6) is 0.910. The maximum absolute atomic E-state index is 11.5. The first kappa shape index (κ1) is 15.6. The van der Waals surface area contributed by atoms with Crippen LogP contribution in [0.4, 0.5) is 0 Å². The van der Waals surface area contributed by atoms with E-state index in [9.17, 15) is 9.90 Å². The molecule has 23 heavy (non-hydrogen) atoms. The van der Waals surface area contributed by atoms with Gasteiger partial charge in [-0.25, -0.2) is 0 Å². The number of likely N-dealkylation sites (tertiary alicyclic amines) is 1. The van der Waals surface area contributed by atoms with Crippen molar-refractivity contribution in [2.75, 3.05) is 20.1 Å². The highest BCUT2D eigenvalue weighted by atomic mass is 16.4. The molecule has 0 aromatic carbocycles. The van der Waals surface area contributed by atoms with Gasteiger partial charge in [-0.15, -0.1) is 0 Å². The normalized spacial score (nSPS) is 21.5. The van der Waals surface area contributed by atoms with Crippen LogP contribution in [-0.2, 0) is 13.0 Å². The van der Waals surface area contributed by atoms with Crippen LogP contribution in [-0.4, -0.2) is 52.1 Å². The fourth-order valence-corrected chi connectivity index (χ4v) is 2.90. The lowest BCUT2D eigenvalue weighted by Gasteiger charge is -2.13. The molecule has 2 aromatic heterocycles. The molecular formula is C16H20N4O3. The molecule has 0 radical (unpaired) electrons. The van der Waals surface area contributed by atoms with Crippen molar-refractivity contribution in [1.82, 2.24) is 20.2 Å². The van der Waals surface area contributed by atoms with Gasteiger partial charge in [0.05, 0.1) is 18.3 Å². The summed E-state index contributed by atoms with van der Waals surface area (Å²) in [6.07, 6.45) is 5.34. The summed E-state index contributed by atoms with van der Waals surface area (Å²) in [6.45, 7) is 1.92.